The van der Waals surface area contributed by atoms with Crippen molar-refractivity contribution in [2.24, 2.45) is 0 Å². The Hall–Kier alpha value is -2.17. The highest BCUT2D eigenvalue weighted by atomic mass is 16.4. The van der Waals surface area contributed by atoms with Crippen molar-refractivity contribution >= 4 is 11.9 Å². The van der Waals surface area contributed by atoms with Gasteiger partial charge in [-0.2, -0.15) is 0 Å². The second-order valence-electron chi connectivity index (χ2n) is 5.81. The Morgan fingerprint density at radius 1 is 1.14 bits per heavy atom. The summed E-state index contributed by atoms with van der Waals surface area (Å²) in [6.07, 6.45) is 7.03. The quantitative estimate of drug-likeness (QED) is 0.914. The van der Waals surface area contributed by atoms with E-state index in [1.54, 1.807) is 0 Å². The molecule has 1 aromatic heterocycles. The molecule has 1 aromatic carbocycles. The average molecular weight is 299 g/mol. The van der Waals surface area contributed by atoms with E-state index in [1.807, 2.05) is 30.3 Å². The van der Waals surface area contributed by atoms with Gasteiger partial charge in [0, 0.05) is 12.3 Å². The molecule has 1 aliphatic rings. The smallest absolute Gasteiger partial charge is 0.322 e. The maximum atomic E-state index is 11.9. The van der Waals surface area contributed by atoms with Crippen LogP contribution in [0.25, 0.3) is 0 Å². The average Bonchev–Trinajstić information content (AvgIpc) is 3.03. The minimum absolute atomic E-state index is 0.0947. The molecule has 0 atom stereocenters. The third-order valence-electron chi connectivity index (χ3n) is 4.12. The Kier molecular flexibility index (Phi) is 4.83. The van der Waals surface area contributed by atoms with Crippen LogP contribution >= 0.6 is 0 Å². The van der Waals surface area contributed by atoms with Crippen molar-refractivity contribution in [2.75, 3.05) is 5.32 Å². The van der Waals surface area contributed by atoms with E-state index in [1.165, 1.54) is 19.3 Å². The number of hydrogen-bond donors (Lipinski definition) is 1. The predicted molar refractivity (Wildman–Crippen MR) is 83.5 cm³/mol. The minimum atomic E-state index is -0.0947. The zero-order valence-corrected chi connectivity index (χ0v) is 12.6. The minimum Gasteiger partial charge on any atom is -0.408 e. The zero-order chi connectivity index (χ0) is 15.2. The number of aryl methyl sites for hydroxylation is 1. The van der Waals surface area contributed by atoms with Crippen LogP contribution in [0.2, 0.25) is 0 Å². The number of amides is 1. The topological polar surface area (TPSA) is 68.0 Å². The fourth-order valence-corrected chi connectivity index (χ4v) is 2.88. The highest BCUT2D eigenvalue weighted by Crippen LogP contribution is 2.32. The van der Waals surface area contributed by atoms with Crippen LogP contribution in [0, 0.1) is 0 Å². The Bertz CT molecular complexity index is 603. The van der Waals surface area contributed by atoms with Gasteiger partial charge in [0.15, 0.2) is 0 Å². The number of benzene rings is 1. The van der Waals surface area contributed by atoms with Crippen LogP contribution in [0.4, 0.5) is 6.01 Å². The molecule has 0 saturated heterocycles. The molecular formula is C17H21N3O2. The maximum absolute atomic E-state index is 11.9. The molecule has 0 radical (unpaired) electrons. The molecule has 3 rings (SSSR count). The van der Waals surface area contributed by atoms with Gasteiger partial charge in [-0.3, -0.25) is 10.1 Å². The Balaban J connectivity index is 1.50. The first-order valence-electron chi connectivity index (χ1n) is 7.98. The first kappa shape index (κ1) is 14.8. The largest absolute Gasteiger partial charge is 0.408 e. The number of hydrogen-bond acceptors (Lipinski definition) is 4. The number of anilines is 1. The van der Waals surface area contributed by atoms with Gasteiger partial charge in [0.1, 0.15) is 0 Å². The summed E-state index contributed by atoms with van der Waals surface area (Å²) in [6, 6.07) is 10.2. The van der Waals surface area contributed by atoms with Gasteiger partial charge in [0.25, 0.3) is 0 Å². The highest BCUT2D eigenvalue weighted by Gasteiger charge is 2.21. The zero-order valence-electron chi connectivity index (χ0n) is 12.6. The van der Waals surface area contributed by atoms with Crippen LogP contribution in [0.3, 0.4) is 0 Å². The summed E-state index contributed by atoms with van der Waals surface area (Å²) in [5.74, 6) is 0.928. The van der Waals surface area contributed by atoms with Crippen molar-refractivity contribution in [3.63, 3.8) is 0 Å². The van der Waals surface area contributed by atoms with E-state index in [9.17, 15) is 4.79 Å². The molecule has 116 valence electrons. The van der Waals surface area contributed by atoms with Crippen molar-refractivity contribution in [1.29, 1.82) is 0 Å². The number of carbonyl (C=O) groups excluding carboxylic acids is 1. The van der Waals surface area contributed by atoms with E-state index in [0.29, 0.717) is 24.7 Å². The molecule has 0 aliphatic heterocycles. The van der Waals surface area contributed by atoms with Crippen molar-refractivity contribution in [1.82, 2.24) is 10.2 Å². The van der Waals surface area contributed by atoms with Crippen molar-refractivity contribution in [2.45, 2.75) is 50.9 Å². The van der Waals surface area contributed by atoms with Crippen molar-refractivity contribution < 1.29 is 9.21 Å². The van der Waals surface area contributed by atoms with E-state index < -0.39 is 0 Å². The van der Waals surface area contributed by atoms with E-state index >= 15 is 0 Å². The lowest BCUT2D eigenvalue weighted by Crippen LogP contribution is -2.12. The molecule has 1 heterocycles. The molecule has 2 aromatic rings. The van der Waals surface area contributed by atoms with E-state index in [4.69, 9.17) is 4.42 Å². The number of aromatic nitrogens is 2. The summed E-state index contributed by atoms with van der Waals surface area (Å²) in [6.45, 7) is 0. The third kappa shape index (κ3) is 3.93. The maximum Gasteiger partial charge on any atom is 0.322 e. The lowest BCUT2D eigenvalue weighted by atomic mass is 9.89. The summed E-state index contributed by atoms with van der Waals surface area (Å²) in [7, 11) is 0. The third-order valence-corrected chi connectivity index (χ3v) is 4.12. The van der Waals surface area contributed by atoms with Crippen LogP contribution in [0.5, 0.6) is 0 Å². The van der Waals surface area contributed by atoms with E-state index in [2.05, 4.69) is 15.5 Å². The monoisotopic (exact) mass is 299 g/mol. The second kappa shape index (κ2) is 7.20. The molecule has 22 heavy (non-hydrogen) atoms. The van der Waals surface area contributed by atoms with Crippen LogP contribution in [0.15, 0.2) is 34.7 Å². The van der Waals surface area contributed by atoms with Crippen molar-refractivity contribution in [3.05, 3.63) is 41.8 Å². The summed E-state index contributed by atoms with van der Waals surface area (Å²) in [5.41, 5.74) is 1.14. The van der Waals surface area contributed by atoms with E-state index in [-0.39, 0.29) is 11.9 Å². The van der Waals surface area contributed by atoms with Gasteiger partial charge in [0.05, 0.1) is 0 Å². The number of nitrogens with zero attached hydrogens (tertiary/aromatic N) is 2. The standard InChI is InChI=1S/C17H21N3O2/c21-15(12-11-13-7-3-1-4-8-13)18-17-20-19-16(22-17)14-9-5-2-6-10-14/h1,3-4,7-8,14H,2,5-6,9-12H2,(H,18,20,21). The fourth-order valence-electron chi connectivity index (χ4n) is 2.88. The van der Waals surface area contributed by atoms with Crippen LogP contribution in [0.1, 0.15) is 55.9 Å². The van der Waals surface area contributed by atoms with Crippen molar-refractivity contribution in [3.8, 4) is 0 Å². The molecule has 1 aliphatic carbocycles. The van der Waals surface area contributed by atoms with Gasteiger partial charge in [0.2, 0.25) is 11.8 Å². The van der Waals surface area contributed by atoms with Gasteiger partial charge in [-0.15, -0.1) is 5.10 Å². The number of carbonyl (C=O) groups is 1. The molecule has 1 saturated carbocycles. The van der Waals surface area contributed by atoms with E-state index in [0.717, 1.165) is 18.4 Å². The molecule has 0 spiro atoms. The van der Waals surface area contributed by atoms with Gasteiger partial charge in [-0.25, -0.2) is 0 Å². The summed E-state index contributed by atoms with van der Waals surface area (Å²) in [4.78, 5) is 11.9. The van der Waals surface area contributed by atoms with Gasteiger partial charge >= 0.3 is 6.01 Å². The number of rotatable bonds is 5. The normalized spacial score (nSPS) is 15.6. The Labute approximate surface area is 130 Å². The lowest BCUT2D eigenvalue weighted by molar-refractivity contribution is -0.116. The van der Waals surface area contributed by atoms with Crippen LogP contribution in [-0.4, -0.2) is 16.1 Å². The lowest BCUT2D eigenvalue weighted by Gasteiger charge is -2.17. The molecular weight excluding hydrogens is 278 g/mol. The van der Waals surface area contributed by atoms with Gasteiger partial charge in [-0.05, 0) is 24.8 Å². The Morgan fingerprint density at radius 2 is 1.91 bits per heavy atom. The van der Waals surface area contributed by atoms with Crippen LogP contribution < -0.4 is 5.32 Å². The summed E-state index contributed by atoms with van der Waals surface area (Å²) in [5, 5.41) is 10.7. The van der Waals surface area contributed by atoms with Crippen LogP contribution in [-0.2, 0) is 11.2 Å². The SMILES string of the molecule is O=C(CCc1ccccc1)Nc1nnc(C2CCCCC2)o1. The molecule has 0 bridgehead atoms. The second-order valence-corrected chi connectivity index (χ2v) is 5.81. The summed E-state index contributed by atoms with van der Waals surface area (Å²) >= 11 is 0. The van der Waals surface area contributed by atoms with Gasteiger partial charge in [-0.1, -0.05) is 54.7 Å². The predicted octanol–water partition coefficient (Wildman–Crippen LogP) is 3.69. The molecule has 1 fully saturated rings. The number of nitrogens with one attached hydrogen (secondary N) is 1. The molecule has 5 nitrogen and oxygen atoms in total. The Morgan fingerprint density at radius 3 is 2.68 bits per heavy atom. The molecule has 1 amide bonds. The molecule has 5 heteroatoms. The van der Waals surface area contributed by atoms with Gasteiger partial charge < -0.3 is 4.42 Å². The first-order valence-corrected chi connectivity index (χ1v) is 7.98. The molecule has 0 unspecified atom stereocenters. The summed E-state index contributed by atoms with van der Waals surface area (Å²) < 4.78 is 5.59. The highest BCUT2D eigenvalue weighted by molar-refractivity contribution is 5.88. The molecule has 1 N–H and O–H groups in total. The fraction of sp³-hybridized carbons (Fsp3) is 0.471. The first-order chi connectivity index (χ1) is 10.8.